The number of carbonyl (C=O) groups is 1. The number of amides is 1. The molecule has 2 heterocycles. The third kappa shape index (κ3) is 2.24. The zero-order valence-corrected chi connectivity index (χ0v) is 11.8. The molecule has 2 aliphatic rings. The summed E-state index contributed by atoms with van der Waals surface area (Å²) in [4.78, 5) is 14.5. The number of nitrogens with zero attached hydrogens (tertiary/aromatic N) is 1. The summed E-state index contributed by atoms with van der Waals surface area (Å²) in [5.74, 6) is 0.272. The largest absolute Gasteiger partial charge is 0.333 e. The van der Waals surface area contributed by atoms with Crippen LogP contribution in [0.15, 0.2) is 40.9 Å². The Kier molecular flexibility index (Phi) is 3.25. The van der Waals surface area contributed by atoms with Crippen molar-refractivity contribution in [3.8, 4) is 0 Å². The Morgan fingerprint density at radius 1 is 1.28 bits per heavy atom. The van der Waals surface area contributed by atoms with Crippen LogP contribution in [0.1, 0.15) is 24.8 Å². The molecule has 2 atom stereocenters. The molecule has 3 rings (SSSR count). The molecule has 1 aromatic rings. The highest BCUT2D eigenvalue weighted by molar-refractivity contribution is 9.10. The maximum absolute atomic E-state index is 12.4. The molecular weight excluding hydrogens is 290 g/mol. The number of rotatable bonds is 2. The van der Waals surface area contributed by atoms with Gasteiger partial charge in [-0.3, -0.25) is 4.79 Å². The van der Waals surface area contributed by atoms with Crippen LogP contribution < -0.4 is 0 Å². The van der Waals surface area contributed by atoms with Gasteiger partial charge in [-0.25, -0.2) is 0 Å². The van der Waals surface area contributed by atoms with Crippen molar-refractivity contribution < 1.29 is 4.79 Å². The standard InChI is InChI=1S/C15H16BrNO/c16-12-6-4-11(5-7-12)10-15(18)17-13-2-1-3-14(17)9-8-13/h1-2,4-7,13-14H,3,8-10H2. The van der Waals surface area contributed by atoms with Gasteiger partial charge in [0.15, 0.2) is 0 Å². The Labute approximate surface area is 116 Å². The summed E-state index contributed by atoms with van der Waals surface area (Å²) in [5, 5.41) is 0. The van der Waals surface area contributed by atoms with Crippen LogP contribution in [0.3, 0.4) is 0 Å². The van der Waals surface area contributed by atoms with Gasteiger partial charge in [0.05, 0.1) is 12.5 Å². The molecule has 2 nitrogen and oxygen atoms in total. The van der Waals surface area contributed by atoms with Gasteiger partial charge >= 0.3 is 0 Å². The van der Waals surface area contributed by atoms with Crippen molar-refractivity contribution in [2.24, 2.45) is 0 Å². The normalized spacial score (nSPS) is 25.5. The van der Waals surface area contributed by atoms with Crippen molar-refractivity contribution in [2.45, 2.75) is 37.8 Å². The molecule has 1 amide bonds. The van der Waals surface area contributed by atoms with Crippen LogP contribution in [0.25, 0.3) is 0 Å². The lowest BCUT2D eigenvalue weighted by molar-refractivity contribution is -0.132. The van der Waals surface area contributed by atoms with Gasteiger partial charge in [0.1, 0.15) is 0 Å². The summed E-state index contributed by atoms with van der Waals surface area (Å²) < 4.78 is 1.06. The smallest absolute Gasteiger partial charge is 0.227 e. The van der Waals surface area contributed by atoms with E-state index in [2.05, 4.69) is 33.0 Å². The molecule has 0 spiro atoms. The minimum atomic E-state index is 0.272. The van der Waals surface area contributed by atoms with E-state index in [4.69, 9.17) is 0 Å². The maximum atomic E-state index is 12.4. The summed E-state index contributed by atoms with van der Waals surface area (Å²) in [6, 6.07) is 8.82. The fourth-order valence-electron chi connectivity index (χ4n) is 2.98. The molecule has 0 N–H and O–H groups in total. The van der Waals surface area contributed by atoms with Gasteiger partial charge in [-0.15, -0.1) is 0 Å². The van der Waals surface area contributed by atoms with E-state index in [1.54, 1.807) is 0 Å². The number of carbonyl (C=O) groups excluding carboxylic acids is 1. The van der Waals surface area contributed by atoms with Crippen LogP contribution in [0.4, 0.5) is 0 Å². The topological polar surface area (TPSA) is 20.3 Å². The van der Waals surface area contributed by atoms with Gasteiger partial charge in [-0.2, -0.15) is 0 Å². The van der Waals surface area contributed by atoms with Gasteiger partial charge in [-0.1, -0.05) is 40.2 Å². The molecule has 2 unspecified atom stereocenters. The molecule has 1 aromatic carbocycles. The summed E-state index contributed by atoms with van der Waals surface area (Å²) in [6.07, 6.45) is 8.27. The van der Waals surface area contributed by atoms with Gasteiger partial charge in [0.2, 0.25) is 5.91 Å². The minimum Gasteiger partial charge on any atom is -0.333 e. The fraction of sp³-hybridized carbons (Fsp3) is 0.400. The van der Waals surface area contributed by atoms with Crippen molar-refractivity contribution in [1.82, 2.24) is 4.90 Å². The van der Waals surface area contributed by atoms with Crippen LogP contribution >= 0.6 is 15.9 Å². The van der Waals surface area contributed by atoms with Crippen molar-refractivity contribution >= 4 is 21.8 Å². The first-order valence-corrected chi connectivity index (χ1v) is 7.25. The predicted molar refractivity (Wildman–Crippen MR) is 75.3 cm³/mol. The lowest BCUT2D eigenvalue weighted by atomic mass is 10.1. The molecule has 0 aromatic heterocycles. The van der Waals surface area contributed by atoms with Crippen LogP contribution in [0.5, 0.6) is 0 Å². The van der Waals surface area contributed by atoms with Gasteiger partial charge < -0.3 is 4.90 Å². The van der Waals surface area contributed by atoms with E-state index in [-0.39, 0.29) is 5.91 Å². The Balaban J connectivity index is 1.72. The highest BCUT2D eigenvalue weighted by Gasteiger charge is 2.36. The van der Waals surface area contributed by atoms with Gasteiger partial charge in [-0.05, 0) is 37.0 Å². The molecule has 94 valence electrons. The Hall–Kier alpha value is -1.09. The Morgan fingerprint density at radius 3 is 2.78 bits per heavy atom. The second-order valence-corrected chi connectivity index (χ2v) is 5.98. The van der Waals surface area contributed by atoms with Gasteiger partial charge in [0.25, 0.3) is 0 Å². The van der Waals surface area contributed by atoms with Crippen LogP contribution in [-0.4, -0.2) is 22.9 Å². The molecular formula is C15H16BrNO. The molecule has 2 bridgehead atoms. The third-order valence-electron chi connectivity index (χ3n) is 3.87. The number of fused-ring (bicyclic) bond motifs is 2. The molecule has 1 saturated heterocycles. The number of hydrogen-bond donors (Lipinski definition) is 0. The number of hydrogen-bond acceptors (Lipinski definition) is 1. The van der Waals surface area contributed by atoms with E-state index < -0.39 is 0 Å². The predicted octanol–water partition coefficient (Wildman–Crippen LogP) is 3.31. The lowest BCUT2D eigenvalue weighted by Gasteiger charge is -2.31. The van der Waals surface area contributed by atoms with Crippen LogP contribution in [-0.2, 0) is 11.2 Å². The molecule has 0 radical (unpaired) electrons. The SMILES string of the molecule is O=C(Cc1ccc(Br)cc1)N1C2C=CCC1CC2. The fourth-order valence-corrected chi connectivity index (χ4v) is 3.25. The Morgan fingerprint density at radius 2 is 2.06 bits per heavy atom. The van der Waals surface area contributed by atoms with E-state index in [0.717, 1.165) is 29.3 Å². The molecule has 1 fully saturated rings. The molecule has 0 saturated carbocycles. The second-order valence-electron chi connectivity index (χ2n) is 5.07. The molecule has 3 heteroatoms. The average molecular weight is 306 g/mol. The summed E-state index contributed by atoms with van der Waals surface area (Å²) in [7, 11) is 0. The van der Waals surface area contributed by atoms with Crippen molar-refractivity contribution in [3.63, 3.8) is 0 Å². The van der Waals surface area contributed by atoms with Crippen LogP contribution in [0, 0.1) is 0 Å². The van der Waals surface area contributed by atoms with E-state index in [9.17, 15) is 4.79 Å². The van der Waals surface area contributed by atoms with E-state index in [1.165, 1.54) is 0 Å². The quantitative estimate of drug-likeness (QED) is 0.768. The first kappa shape index (κ1) is 12.0. The monoisotopic (exact) mass is 305 g/mol. The molecule has 18 heavy (non-hydrogen) atoms. The zero-order chi connectivity index (χ0) is 12.5. The van der Waals surface area contributed by atoms with Crippen molar-refractivity contribution in [3.05, 3.63) is 46.5 Å². The molecule has 2 aliphatic heterocycles. The van der Waals surface area contributed by atoms with Crippen molar-refractivity contribution in [1.29, 1.82) is 0 Å². The maximum Gasteiger partial charge on any atom is 0.227 e. The molecule has 0 aliphatic carbocycles. The first-order valence-electron chi connectivity index (χ1n) is 6.46. The van der Waals surface area contributed by atoms with E-state index >= 15 is 0 Å². The first-order chi connectivity index (χ1) is 8.74. The van der Waals surface area contributed by atoms with Gasteiger partial charge in [0, 0.05) is 10.5 Å². The van der Waals surface area contributed by atoms with Crippen molar-refractivity contribution in [2.75, 3.05) is 0 Å². The Bertz CT molecular complexity index is 480. The summed E-state index contributed by atoms with van der Waals surface area (Å²) in [6.45, 7) is 0. The minimum absolute atomic E-state index is 0.272. The summed E-state index contributed by atoms with van der Waals surface area (Å²) >= 11 is 3.41. The lowest BCUT2D eigenvalue weighted by Crippen LogP contribution is -2.42. The third-order valence-corrected chi connectivity index (χ3v) is 4.40. The average Bonchev–Trinajstić information content (AvgIpc) is 2.62. The highest BCUT2D eigenvalue weighted by Crippen LogP contribution is 2.32. The number of halogens is 1. The zero-order valence-electron chi connectivity index (χ0n) is 10.2. The number of benzene rings is 1. The summed E-state index contributed by atoms with van der Waals surface area (Å²) in [5.41, 5.74) is 1.09. The van der Waals surface area contributed by atoms with E-state index in [0.29, 0.717) is 18.5 Å². The van der Waals surface area contributed by atoms with E-state index in [1.807, 2.05) is 24.3 Å². The highest BCUT2D eigenvalue weighted by atomic mass is 79.9. The van der Waals surface area contributed by atoms with Crippen LogP contribution in [0.2, 0.25) is 0 Å². The second kappa shape index (κ2) is 4.88.